The second kappa shape index (κ2) is 4.31. The summed E-state index contributed by atoms with van der Waals surface area (Å²) < 4.78 is 26.8. The minimum Gasteiger partial charge on any atom is -0.396 e. The largest absolute Gasteiger partial charge is 0.396 e. The van der Waals surface area contributed by atoms with Crippen LogP contribution >= 0.6 is 0 Å². The number of nitrogens with zero attached hydrogens (tertiary/aromatic N) is 1. The molecule has 92 valence electrons. The van der Waals surface area contributed by atoms with E-state index in [-0.39, 0.29) is 17.3 Å². The van der Waals surface area contributed by atoms with Gasteiger partial charge in [0.2, 0.25) is 0 Å². The third-order valence-electron chi connectivity index (χ3n) is 3.11. The molecule has 5 heteroatoms. The molecule has 0 radical (unpaired) electrons. The Hall–Kier alpha value is -1.65. The number of nitrogen functional groups attached to an aromatic ring is 1. The highest BCUT2D eigenvalue weighted by atomic mass is 19.1. The lowest BCUT2D eigenvalue weighted by Gasteiger charge is -2.21. The van der Waals surface area contributed by atoms with Gasteiger partial charge in [0.05, 0.1) is 11.3 Å². The number of carbonyl (C=O) groups is 1. The van der Waals surface area contributed by atoms with Crippen molar-refractivity contribution in [1.29, 1.82) is 0 Å². The summed E-state index contributed by atoms with van der Waals surface area (Å²) in [6.07, 6.45) is 1.78. The predicted molar refractivity (Wildman–Crippen MR) is 60.5 cm³/mol. The molecule has 1 saturated heterocycles. The van der Waals surface area contributed by atoms with E-state index in [2.05, 4.69) is 0 Å². The molecule has 17 heavy (non-hydrogen) atoms. The van der Waals surface area contributed by atoms with Gasteiger partial charge in [0.1, 0.15) is 5.82 Å². The SMILES string of the molecule is CC1CCCN1C(=O)c1cc(F)cc(N)c1F. The van der Waals surface area contributed by atoms with Crippen LogP contribution in [0, 0.1) is 11.6 Å². The van der Waals surface area contributed by atoms with E-state index in [1.165, 1.54) is 0 Å². The molecule has 0 aromatic heterocycles. The zero-order valence-corrected chi connectivity index (χ0v) is 9.54. The average Bonchev–Trinajstić information content (AvgIpc) is 2.69. The summed E-state index contributed by atoms with van der Waals surface area (Å²) in [6, 6.07) is 1.84. The number of nitrogens with two attached hydrogens (primary N) is 1. The number of hydrogen-bond donors (Lipinski definition) is 1. The minimum atomic E-state index is -0.837. The van der Waals surface area contributed by atoms with E-state index in [1.807, 2.05) is 6.92 Å². The Morgan fingerprint density at radius 2 is 2.18 bits per heavy atom. The van der Waals surface area contributed by atoms with Crippen LogP contribution in [0.25, 0.3) is 0 Å². The first-order valence-corrected chi connectivity index (χ1v) is 5.56. The quantitative estimate of drug-likeness (QED) is 0.765. The van der Waals surface area contributed by atoms with Crippen LogP contribution in [-0.4, -0.2) is 23.4 Å². The Balaban J connectivity index is 2.37. The fraction of sp³-hybridized carbons (Fsp3) is 0.417. The van der Waals surface area contributed by atoms with Gasteiger partial charge >= 0.3 is 0 Å². The van der Waals surface area contributed by atoms with Gasteiger partial charge in [-0.05, 0) is 31.9 Å². The van der Waals surface area contributed by atoms with Crippen molar-refractivity contribution < 1.29 is 13.6 Å². The van der Waals surface area contributed by atoms with Gasteiger partial charge in [-0.2, -0.15) is 0 Å². The zero-order valence-electron chi connectivity index (χ0n) is 9.54. The molecule has 3 nitrogen and oxygen atoms in total. The molecule has 1 aromatic carbocycles. The van der Waals surface area contributed by atoms with Crippen molar-refractivity contribution in [2.75, 3.05) is 12.3 Å². The smallest absolute Gasteiger partial charge is 0.257 e. The van der Waals surface area contributed by atoms with Gasteiger partial charge < -0.3 is 10.6 Å². The number of likely N-dealkylation sites (tertiary alicyclic amines) is 1. The average molecular weight is 240 g/mol. The number of hydrogen-bond acceptors (Lipinski definition) is 2. The summed E-state index contributed by atoms with van der Waals surface area (Å²) in [7, 11) is 0. The third-order valence-corrected chi connectivity index (χ3v) is 3.11. The van der Waals surface area contributed by atoms with Gasteiger partial charge in [0, 0.05) is 12.6 Å². The second-order valence-electron chi connectivity index (χ2n) is 4.35. The van der Waals surface area contributed by atoms with E-state index in [1.54, 1.807) is 4.90 Å². The van der Waals surface area contributed by atoms with Gasteiger partial charge in [-0.25, -0.2) is 8.78 Å². The fourth-order valence-corrected chi connectivity index (χ4v) is 2.16. The first kappa shape index (κ1) is 11.8. The summed E-state index contributed by atoms with van der Waals surface area (Å²) in [6.45, 7) is 2.47. The van der Waals surface area contributed by atoms with Crippen molar-refractivity contribution in [1.82, 2.24) is 4.90 Å². The highest BCUT2D eigenvalue weighted by Gasteiger charge is 2.28. The molecule has 1 atom stereocenters. The molecular weight excluding hydrogens is 226 g/mol. The van der Waals surface area contributed by atoms with Crippen LogP contribution in [-0.2, 0) is 0 Å². The highest BCUT2D eigenvalue weighted by molar-refractivity contribution is 5.95. The van der Waals surface area contributed by atoms with E-state index in [9.17, 15) is 13.6 Å². The Morgan fingerprint density at radius 3 is 2.76 bits per heavy atom. The van der Waals surface area contributed by atoms with Crippen molar-refractivity contribution in [3.05, 3.63) is 29.3 Å². The van der Waals surface area contributed by atoms with E-state index in [4.69, 9.17) is 5.73 Å². The van der Waals surface area contributed by atoms with Crippen molar-refractivity contribution in [3.8, 4) is 0 Å². The number of amides is 1. The van der Waals surface area contributed by atoms with Crippen molar-refractivity contribution in [3.63, 3.8) is 0 Å². The lowest BCUT2D eigenvalue weighted by atomic mass is 10.1. The molecule has 1 unspecified atom stereocenters. The van der Waals surface area contributed by atoms with Gasteiger partial charge in [0.15, 0.2) is 5.82 Å². The lowest BCUT2D eigenvalue weighted by molar-refractivity contribution is 0.0742. The standard InChI is InChI=1S/C12H14F2N2O/c1-7-3-2-4-16(7)12(17)9-5-8(13)6-10(15)11(9)14/h5-7H,2-4,15H2,1H3. The number of halogens is 2. The number of benzene rings is 1. The second-order valence-corrected chi connectivity index (χ2v) is 4.35. The van der Waals surface area contributed by atoms with E-state index >= 15 is 0 Å². The van der Waals surface area contributed by atoms with Crippen LogP contribution in [0.2, 0.25) is 0 Å². The number of anilines is 1. The summed E-state index contributed by atoms with van der Waals surface area (Å²) in [4.78, 5) is 13.6. The zero-order chi connectivity index (χ0) is 12.6. The first-order chi connectivity index (χ1) is 8.00. The maximum atomic E-state index is 13.7. The molecule has 0 bridgehead atoms. The van der Waals surface area contributed by atoms with Gasteiger partial charge in [-0.15, -0.1) is 0 Å². The highest BCUT2D eigenvalue weighted by Crippen LogP contribution is 2.23. The van der Waals surface area contributed by atoms with E-state index in [0.717, 1.165) is 25.0 Å². The molecule has 1 heterocycles. The monoisotopic (exact) mass is 240 g/mol. The molecular formula is C12H14F2N2O. The Bertz CT molecular complexity index is 462. The summed E-state index contributed by atoms with van der Waals surface area (Å²) in [5, 5.41) is 0. The Labute approximate surface area is 98.2 Å². The molecule has 0 aliphatic carbocycles. The molecule has 1 aromatic rings. The molecule has 0 saturated carbocycles. The first-order valence-electron chi connectivity index (χ1n) is 5.56. The summed E-state index contributed by atoms with van der Waals surface area (Å²) in [5.41, 5.74) is 4.69. The van der Waals surface area contributed by atoms with Crippen LogP contribution in [0.15, 0.2) is 12.1 Å². The Kier molecular flexibility index (Phi) is 3.00. The molecule has 1 aliphatic heterocycles. The molecule has 2 rings (SSSR count). The van der Waals surface area contributed by atoms with Gasteiger partial charge in [-0.1, -0.05) is 0 Å². The summed E-state index contributed by atoms with van der Waals surface area (Å²) in [5.74, 6) is -2.02. The topological polar surface area (TPSA) is 46.3 Å². The van der Waals surface area contributed by atoms with Gasteiger partial charge in [0.25, 0.3) is 5.91 Å². The molecule has 1 amide bonds. The van der Waals surface area contributed by atoms with Crippen LogP contribution in [0.3, 0.4) is 0 Å². The summed E-state index contributed by atoms with van der Waals surface area (Å²) >= 11 is 0. The minimum absolute atomic E-state index is 0.0615. The number of carbonyl (C=O) groups excluding carboxylic acids is 1. The van der Waals surface area contributed by atoms with Crippen LogP contribution in [0.4, 0.5) is 14.5 Å². The van der Waals surface area contributed by atoms with E-state index in [0.29, 0.717) is 6.54 Å². The van der Waals surface area contributed by atoms with Gasteiger partial charge in [-0.3, -0.25) is 4.79 Å². The van der Waals surface area contributed by atoms with Crippen LogP contribution < -0.4 is 5.73 Å². The predicted octanol–water partition coefficient (Wildman–Crippen LogP) is 2.17. The normalized spacial score (nSPS) is 19.7. The maximum Gasteiger partial charge on any atom is 0.257 e. The molecule has 1 aliphatic rings. The molecule has 2 N–H and O–H groups in total. The fourth-order valence-electron chi connectivity index (χ4n) is 2.16. The number of rotatable bonds is 1. The van der Waals surface area contributed by atoms with E-state index < -0.39 is 17.5 Å². The molecule has 0 spiro atoms. The van der Waals surface area contributed by atoms with Crippen LogP contribution in [0.1, 0.15) is 30.1 Å². The Morgan fingerprint density at radius 1 is 1.47 bits per heavy atom. The molecule has 1 fully saturated rings. The maximum absolute atomic E-state index is 13.7. The lowest BCUT2D eigenvalue weighted by Crippen LogP contribution is -2.34. The van der Waals surface area contributed by atoms with Crippen molar-refractivity contribution >= 4 is 11.6 Å². The third kappa shape index (κ3) is 2.09. The van der Waals surface area contributed by atoms with Crippen molar-refractivity contribution in [2.24, 2.45) is 0 Å². The van der Waals surface area contributed by atoms with Crippen molar-refractivity contribution in [2.45, 2.75) is 25.8 Å². The van der Waals surface area contributed by atoms with Crippen LogP contribution in [0.5, 0.6) is 0 Å².